The molecule has 3 aliphatic rings. The molecule has 2 aliphatic heterocycles. The van der Waals surface area contributed by atoms with Gasteiger partial charge < -0.3 is 28.1 Å². The minimum absolute atomic E-state index is 0.107. The van der Waals surface area contributed by atoms with Gasteiger partial charge in [0.25, 0.3) is 0 Å². The second-order valence-corrected chi connectivity index (χ2v) is 26.4. The first kappa shape index (κ1) is 43.1. The zero-order valence-corrected chi connectivity index (χ0v) is 37.3. The molecule has 2 fully saturated rings. The fourth-order valence-corrected chi connectivity index (χ4v) is 19.7. The lowest BCUT2D eigenvalue weighted by molar-refractivity contribution is -0.112. The number of amides is 1. The average Bonchev–Trinajstić information content (AvgIpc) is 3.64. The Kier molecular flexibility index (Phi) is 13.5. The maximum absolute atomic E-state index is 13.2. The zero-order valence-electron chi connectivity index (χ0n) is 35.3. The number of hydrogen-bond donors (Lipinski definition) is 2. The molecule has 0 spiro atoms. The minimum atomic E-state index is -2.97. The Balaban J connectivity index is 1.32. The van der Waals surface area contributed by atoms with Crippen molar-refractivity contribution in [3.8, 4) is 0 Å². The number of nitrogens with zero attached hydrogens (tertiary/aromatic N) is 4. The number of allylic oxidation sites excluding steroid dienone is 9. The summed E-state index contributed by atoms with van der Waals surface area (Å²) in [4.78, 5) is 26.6. The van der Waals surface area contributed by atoms with Gasteiger partial charge in [0.05, 0.1) is 12.9 Å². The van der Waals surface area contributed by atoms with Crippen LogP contribution in [0.15, 0.2) is 71.4 Å². The van der Waals surface area contributed by atoms with Crippen LogP contribution in [-0.4, -0.2) is 72.6 Å². The first-order valence-corrected chi connectivity index (χ1v) is 24.0. The Labute approximate surface area is 330 Å². The average molecular weight is 792 g/mol. The molecule has 0 radical (unpaired) electrons. The van der Waals surface area contributed by atoms with Gasteiger partial charge in [0.15, 0.2) is 23.2 Å². The van der Waals surface area contributed by atoms with Gasteiger partial charge in [0.2, 0.25) is 5.91 Å². The van der Waals surface area contributed by atoms with Gasteiger partial charge in [-0.3, -0.25) is 9.36 Å². The monoisotopic (exact) mass is 791 g/mol. The second-order valence-electron chi connectivity index (χ2n) is 17.6. The second kappa shape index (κ2) is 17.2. The Morgan fingerprint density at radius 1 is 0.982 bits per heavy atom. The molecule has 2 N–H and O–H groups in total. The number of hydrogen-bond acceptors (Lipinski definition) is 9. The quantitative estimate of drug-likeness (QED) is 0.130. The van der Waals surface area contributed by atoms with E-state index in [1.165, 1.54) is 36.4 Å². The van der Waals surface area contributed by atoms with E-state index in [4.69, 9.17) is 17.7 Å². The summed E-state index contributed by atoms with van der Waals surface area (Å²) in [5.41, 5.74) is 6.40. The normalized spacial score (nSPS) is 26.2. The van der Waals surface area contributed by atoms with Crippen molar-refractivity contribution in [1.29, 1.82) is 0 Å². The number of anilines is 1. The van der Waals surface area contributed by atoms with Crippen LogP contribution in [0.4, 0.5) is 5.82 Å². The molecule has 5 rings (SSSR count). The van der Waals surface area contributed by atoms with E-state index in [9.17, 15) is 9.90 Å². The van der Waals surface area contributed by atoms with Crippen LogP contribution in [0, 0.1) is 5.41 Å². The van der Waals surface area contributed by atoms with E-state index in [0.717, 1.165) is 17.6 Å². The van der Waals surface area contributed by atoms with Gasteiger partial charge in [-0.15, -0.1) is 0 Å². The van der Waals surface area contributed by atoms with E-state index in [0.29, 0.717) is 11.2 Å². The number of nitrogens with one attached hydrogen (secondary N) is 1. The number of aliphatic hydroxyl groups is 1. The lowest BCUT2D eigenvalue weighted by atomic mass is 9.72. The van der Waals surface area contributed by atoms with Crippen LogP contribution < -0.4 is 5.32 Å². The minimum Gasteiger partial charge on any atom is -0.414 e. The van der Waals surface area contributed by atoms with Crippen molar-refractivity contribution in [2.45, 2.75) is 156 Å². The third kappa shape index (κ3) is 8.93. The van der Waals surface area contributed by atoms with Crippen LogP contribution in [-0.2, 0) is 22.5 Å². The molecule has 0 bridgehead atoms. The van der Waals surface area contributed by atoms with E-state index >= 15 is 0 Å². The highest BCUT2D eigenvalue weighted by atomic mass is 28.5. The number of carbonyl (C=O) groups is 1. The van der Waals surface area contributed by atoms with Crippen LogP contribution in [0.25, 0.3) is 11.2 Å². The fraction of sp³-hybridized carbons (Fsp3) is 0.619. The molecular formula is C42H65N5O6Si2. The molecular weight excluding hydrogens is 727 g/mol. The van der Waals surface area contributed by atoms with Crippen LogP contribution in [0.2, 0.25) is 22.2 Å². The number of ether oxygens (including phenoxy) is 1. The number of fused-ring (bicyclic) bond motifs is 2. The third-order valence-electron chi connectivity index (χ3n) is 11.6. The molecule has 13 heteroatoms. The molecule has 302 valence electrons. The Morgan fingerprint density at radius 2 is 1.65 bits per heavy atom. The SMILES string of the molecule is CC1=C(/C=C/C(C)=C/C=C/C(C)=C/C(=O)Nc2ncnc3c2ncn3[C@@H]2O[C@@H]3CO[Si](C(C)C)(C(C)C)O[Si](C(C)C)(C(C)C)OC3[C@@H]2O)C(C)(C)CCC1. The maximum Gasteiger partial charge on any atom is 0.335 e. The van der Waals surface area contributed by atoms with Crippen molar-refractivity contribution in [2.24, 2.45) is 5.41 Å². The van der Waals surface area contributed by atoms with Gasteiger partial charge in [-0.1, -0.05) is 111 Å². The first-order valence-electron chi connectivity index (χ1n) is 20.1. The summed E-state index contributed by atoms with van der Waals surface area (Å²) in [6.07, 6.45) is 15.3. The van der Waals surface area contributed by atoms with E-state index in [2.05, 4.69) is 116 Å². The van der Waals surface area contributed by atoms with Gasteiger partial charge in [-0.05, 0) is 78.8 Å². The first-order chi connectivity index (χ1) is 25.8. The van der Waals surface area contributed by atoms with Crippen molar-refractivity contribution in [3.05, 3.63) is 71.4 Å². The van der Waals surface area contributed by atoms with Crippen molar-refractivity contribution in [3.63, 3.8) is 0 Å². The summed E-state index contributed by atoms with van der Waals surface area (Å²) < 4.78 is 29.5. The van der Waals surface area contributed by atoms with E-state index in [1.807, 2.05) is 25.2 Å². The zero-order chi connectivity index (χ0) is 40.5. The lowest BCUT2D eigenvalue weighted by Gasteiger charge is -2.51. The largest absolute Gasteiger partial charge is 0.414 e. The summed E-state index contributed by atoms with van der Waals surface area (Å²) in [6, 6.07) is 0. The molecule has 55 heavy (non-hydrogen) atoms. The number of aromatic nitrogens is 4. The number of carbonyl (C=O) groups excluding carboxylic acids is 1. The predicted molar refractivity (Wildman–Crippen MR) is 224 cm³/mol. The molecule has 1 unspecified atom stereocenters. The molecule has 2 aromatic heterocycles. The highest BCUT2D eigenvalue weighted by Gasteiger charge is 2.61. The number of rotatable bonds is 11. The highest BCUT2D eigenvalue weighted by Crippen LogP contribution is 2.48. The molecule has 1 aliphatic carbocycles. The summed E-state index contributed by atoms with van der Waals surface area (Å²) in [7, 11) is -5.75. The van der Waals surface area contributed by atoms with Crippen LogP contribution in [0.3, 0.4) is 0 Å². The van der Waals surface area contributed by atoms with E-state index in [-0.39, 0.29) is 45.9 Å². The molecule has 0 aromatic carbocycles. The van der Waals surface area contributed by atoms with Crippen LogP contribution in [0.5, 0.6) is 0 Å². The van der Waals surface area contributed by atoms with Crippen molar-refractivity contribution in [2.75, 3.05) is 11.9 Å². The van der Waals surface area contributed by atoms with Gasteiger partial charge >= 0.3 is 17.1 Å². The van der Waals surface area contributed by atoms with Crippen molar-refractivity contribution in [1.82, 2.24) is 19.5 Å². The van der Waals surface area contributed by atoms with Gasteiger partial charge in [0, 0.05) is 6.08 Å². The Bertz CT molecular complexity index is 1840. The summed E-state index contributed by atoms with van der Waals surface area (Å²) in [5.74, 6) is -0.0767. The fourth-order valence-electron chi connectivity index (χ4n) is 8.54. The lowest BCUT2D eigenvalue weighted by Crippen LogP contribution is -2.65. The Hall–Kier alpha value is -3.05. The molecule has 0 saturated carbocycles. The molecule has 2 aromatic rings. The van der Waals surface area contributed by atoms with Crippen LogP contribution in [0.1, 0.15) is 115 Å². The smallest absolute Gasteiger partial charge is 0.335 e. The van der Waals surface area contributed by atoms with E-state index < -0.39 is 41.7 Å². The van der Waals surface area contributed by atoms with Gasteiger partial charge in [-0.2, -0.15) is 0 Å². The molecule has 2 saturated heterocycles. The molecule has 11 nitrogen and oxygen atoms in total. The molecule has 4 heterocycles. The summed E-state index contributed by atoms with van der Waals surface area (Å²) >= 11 is 0. The van der Waals surface area contributed by atoms with E-state index in [1.54, 1.807) is 10.9 Å². The topological polar surface area (TPSA) is 130 Å². The number of imidazole rings is 1. The third-order valence-corrected chi connectivity index (χ3v) is 21.9. The van der Waals surface area contributed by atoms with Gasteiger partial charge in [0.1, 0.15) is 24.6 Å². The highest BCUT2D eigenvalue weighted by molar-refractivity contribution is 6.84. The maximum atomic E-state index is 13.2. The van der Waals surface area contributed by atoms with Crippen LogP contribution >= 0.6 is 0 Å². The summed E-state index contributed by atoms with van der Waals surface area (Å²) in [5, 5.41) is 14.8. The predicted octanol–water partition coefficient (Wildman–Crippen LogP) is 9.51. The van der Waals surface area contributed by atoms with Crippen molar-refractivity contribution >= 4 is 40.0 Å². The standard InChI is InChI=1S/C42H65N5O6Si2/c1-26(2)54(27(3)4)50-23-34-38(52-55(53-54,28(5)6)29(7)8)37(49)41(51-34)47-25-45-36-39(43-24-44-40(36)47)46-35(48)22-31(10)17-14-16-30(9)19-20-33-32(11)18-15-21-42(33,12)13/h14,16-17,19-20,22,24-29,34,37-38,41,49H,15,18,21,23H2,1-13H3,(H,43,44,46,48)/b17-14+,20-19+,30-16+,31-22+/t34-,37+,38?,41-/m1/s1. The molecule has 1 amide bonds. The summed E-state index contributed by atoms with van der Waals surface area (Å²) in [6.45, 7) is 28.4. The van der Waals surface area contributed by atoms with Crippen molar-refractivity contribution < 1.29 is 27.6 Å². The van der Waals surface area contributed by atoms with Gasteiger partial charge in [-0.25, -0.2) is 15.0 Å². The molecule has 4 atom stereocenters. The Morgan fingerprint density at radius 3 is 2.29 bits per heavy atom. The number of aliphatic hydroxyl groups excluding tert-OH is 1.